The fourth-order valence-electron chi connectivity index (χ4n) is 3.26. The van der Waals surface area contributed by atoms with Crippen molar-refractivity contribution in [1.29, 1.82) is 0 Å². The Balaban J connectivity index is 0. The number of carbonyl (C=O) groups is 4. The number of aliphatic hydroxyl groups is 12. The average Bonchev–Trinajstić information content (AvgIpc) is 3.70. The van der Waals surface area contributed by atoms with Crippen LogP contribution in [0, 0.1) is 0 Å². The van der Waals surface area contributed by atoms with Crippen molar-refractivity contribution in [1.82, 2.24) is 0 Å². The van der Waals surface area contributed by atoms with Crippen molar-refractivity contribution in [3.63, 3.8) is 0 Å². The van der Waals surface area contributed by atoms with Gasteiger partial charge in [0.05, 0.1) is 26.4 Å². The van der Waals surface area contributed by atoms with E-state index in [0.29, 0.717) is 0 Å². The molecule has 0 amide bonds. The molecule has 0 unspecified atom stereocenters. The van der Waals surface area contributed by atoms with E-state index < -0.39 is 145 Å². The molecule has 0 saturated heterocycles. The Morgan fingerprint density at radius 3 is 0.660 bits per heavy atom. The minimum Gasteiger partial charge on any atom is -0.865 e. The summed E-state index contributed by atoms with van der Waals surface area (Å²) in [6.07, 6.45) is -11.5. The standard InChI is InChI=1S/4C6H8O6.Co.Mg/c4*7-1-2(8)5-3(9)4(10)6(11)12-5;;/h4*2,5,7-10H,1H2;;/q;;;;2*+2/p-4/t4*2-,5+;;/m0000../s1. The Labute approximate surface area is 304 Å². The molecule has 0 aromatic carbocycles. The van der Waals surface area contributed by atoms with E-state index in [4.69, 9.17) is 61.3 Å². The van der Waals surface area contributed by atoms with Gasteiger partial charge in [0.1, 0.15) is 47.5 Å². The van der Waals surface area contributed by atoms with E-state index in [1.54, 1.807) is 0 Å². The molecule has 1 radical (unpaired) electrons. The van der Waals surface area contributed by atoms with Crippen LogP contribution in [0.3, 0.4) is 0 Å². The van der Waals surface area contributed by atoms with E-state index >= 15 is 0 Å². The molecule has 0 saturated carbocycles. The third-order valence-electron chi connectivity index (χ3n) is 5.83. The summed E-state index contributed by atoms with van der Waals surface area (Å²) >= 11 is 0. The molecular formula is C24H28CoMgO24. The number of esters is 4. The number of hydrogen-bond acceptors (Lipinski definition) is 24. The Morgan fingerprint density at radius 2 is 0.580 bits per heavy atom. The molecule has 279 valence electrons. The maximum Gasteiger partial charge on any atom is 2.00 e. The van der Waals surface area contributed by atoms with Crippen molar-refractivity contribution in [2.45, 2.75) is 48.8 Å². The molecule has 0 spiro atoms. The second-order valence-corrected chi connectivity index (χ2v) is 9.16. The van der Waals surface area contributed by atoms with Gasteiger partial charge in [0.2, 0.25) is 0 Å². The molecule has 4 aliphatic heterocycles. The van der Waals surface area contributed by atoms with Crippen molar-refractivity contribution in [3.05, 3.63) is 46.1 Å². The zero-order chi connectivity index (χ0) is 37.2. The van der Waals surface area contributed by atoms with Gasteiger partial charge in [-0.1, -0.05) is 0 Å². The van der Waals surface area contributed by atoms with E-state index in [0.717, 1.165) is 0 Å². The smallest absolute Gasteiger partial charge is 0.865 e. The van der Waals surface area contributed by atoms with E-state index in [-0.39, 0.29) is 39.8 Å². The molecule has 4 aliphatic rings. The van der Waals surface area contributed by atoms with Gasteiger partial charge in [-0.25, -0.2) is 19.2 Å². The van der Waals surface area contributed by atoms with Gasteiger partial charge >= 0.3 is 63.7 Å². The fourth-order valence-corrected chi connectivity index (χ4v) is 3.26. The molecule has 4 heterocycles. The first-order valence-corrected chi connectivity index (χ1v) is 12.7. The summed E-state index contributed by atoms with van der Waals surface area (Å²) in [5, 5.41) is 147. The summed E-state index contributed by atoms with van der Waals surface area (Å²) < 4.78 is 17.0. The molecule has 0 aliphatic carbocycles. The molecule has 4 rings (SSSR count). The molecule has 12 N–H and O–H groups in total. The summed E-state index contributed by atoms with van der Waals surface area (Å²) in [5.41, 5.74) is 0. The zero-order valence-corrected chi connectivity index (χ0v) is 27.2. The van der Waals surface area contributed by atoms with Crippen molar-refractivity contribution in [2.24, 2.45) is 0 Å². The van der Waals surface area contributed by atoms with Crippen LogP contribution in [0.4, 0.5) is 0 Å². The summed E-state index contributed by atoms with van der Waals surface area (Å²) in [5.74, 6) is -13.0. The first-order chi connectivity index (χ1) is 22.3. The average molecular weight is 784 g/mol. The molecule has 0 aromatic rings. The third-order valence-corrected chi connectivity index (χ3v) is 5.83. The van der Waals surface area contributed by atoms with E-state index in [1.807, 2.05) is 0 Å². The molecule has 8 atom stereocenters. The van der Waals surface area contributed by atoms with Crippen molar-refractivity contribution in [2.75, 3.05) is 26.4 Å². The minimum atomic E-state index is -1.46. The van der Waals surface area contributed by atoms with Crippen molar-refractivity contribution in [3.8, 4) is 0 Å². The fraction of sp³-hybridized carbons (Fsp3) is 0.500. The molecule has 24 nitrogen and oxygen atoms in total. The van der Waals surface area contributed by atoms with E-state index in [9.17, 15) is 39.6 Å². The van der Waals surface area contributed by atoms with Crippen LogP contribution in [-0.2, 0) is 54.9 Å². The maximum absolute atomic E-state index is 10.6. The number of ether oxygens (including phenoxy) is 4. The molecule has 0 aromatic heterocycles. The van der Waals surface area contributed by atoms with Crippen molar-refractivity contribution < 1.29 is 137 Å². The van der Waals surface area contributed by atoms with Crippen molar-refractivity contribution >= 4 is 46.9 Å². The van der Waals surface area contributed by atoms with Crippen LogP contribution in [0.15, 0.2) is 46.1 Å². The summed E-state index contributed by atoms with van der Waals surface area (Å²) in [4.78, 5) is 41.9. The van der Waals surface area contributed by atoms with Gasteiger partial charge < -0.3 is 101 Å². The summed E-state index contributed by atoms with van der Waals surface area (Å²) in [7, 11) is 0. The molecular weight excluding hydrogens is 755 g/mol. The number of cyclic esters (lactones) is 4. The first-order valence-electron chi connectivity index (χ1n) is 12.7. The van der Waals surface area contributed by atoms with Gasteiger partial charge in [0.25, 0.3) is 0 Å². The summed E-state index contributed by atoms with van der Waals surface area (Å²) in [6, 6.07) is 0. The number of carbonyl (C=O) groups excluding carboxylic acids is 4. The van der Waals surface area contributed by atoms with Crippen LogP contribution in [0.25, 0.3) is 0 Å². The topological polar surface area (TPSA) is 440 Å². The molecule has 26 heteroatoms. The van der Waals surface area contributed by atoms with Gasteiger partial charge in [0.15, 0.2) is 24.4 Å². The number of hydrogen-bond donors (Lipinski definition) is 12. The van der Waals surface area contributed by atoms with Crippen LogP contribution in [-0.4, -0.2) is 183 Å². The van der Waals surface area contributed by atoms with Gasteiger partial charge in [-0.2, -0.15) is 0 Å². The predicted molar refractivity (Wildman–Crippen MR) is 136 cm³/mol. The van der Waals surface area contributed by atoms with E-state index in [1.165, 1.54) is 0 Å². The second-order valence-electron chi connectivity index (χ2n) is 9.16. The molecule has 50 heavy (non-hydrogen) atoms. The maximum atomic E-state index is 10.6. The van der Waals surface area contributed by atoms with Crippen LogP contribution in [0.1, 0.15) is 0 Å². The monoisotopic (exact) mass is 783 g/mol. The first kappa shape index (κ1) is 48.3. The molecule has 0 fully saturated rings. The van der Waals surface area contributed by atoms with Crippen LogP contribution >= 0.6 is 0 Å². The summed E-state index contributed by atoms with van der Waals surface area (Å²) in [6.45, 7) is -2.80. The SMILES string of the molecule is O=C1O[C@H]([C@@H](O)CO)C(O)=C1[O-].O=C1O[C@H]([C@@H](O)CO)C(O)=C1[O-].O=C1O[C@H]([C@@H](O)CO)C(O)=C1[O-].O=C1O[C@H]([C@@H](O)CO)C(O)=C1[O-].[Co+2].[Mg+2]. The Morgan fingerprint density at radius 1 is 0.440 bits per heavy atom. The quantitative estimate of drug-likeness (QED) is 0.0617. The Hall–Kier alpha value is -3.81. The Bertz CT molecular complexity index is 1140. The van der Waals surface area contributed by atoms with Gasteiger partial charge in [-0.15, -0.1) is 0 Å². The van der Waals surface area contributed by atoms with Crippen LogP contribution in [0.2, 0.25) is 0 Å². The Kier molecular flexibility index (Phi) is 20.7. The predicted octanol–water partition coefficient (Wildman–Crippen LogP) is -10.8. The largest absolute Gasteiger partial charge is 2.00 e. The van der Waals surface area contributed by atoms with Gasteiger partial charge in [-0.05, 0) is 0 Å². The zero-order valence-electron chi connectivity index (χ0n) is 24.8. The normalized spacial score (nSPS) is 24.8. The second kappa shape index (κ2) is 21.4. The van der Waals surface area contributed by atoms with Gasteiger partial charge in [-0.3, -0.25) is 0 Å². The number of aliphatic hydroxyl groups excluding tert-OH is 12. The van der Waals surface area contributed by atoms with Crippen LogP contribution < -0.4 is 20.4 Å². The third kappa shape index (κ3) is 11.6. The minimum absolute atomic E-state index is 0. The molecule has 0 bridgehead atoms. The van der Waals surface area contributed by atoms with E-state index in [2.05, 4.69) is 18.9 Å². The van der Waals surface area contributed by atoms with Gasteiger partial charge in [0, 0.05) is 23.0 Å². The van der Waals surface area contributed by atoms with Crippen LogP contribution in [0.5, 0.6) is 0 Å². The number of rotatable bonds is 8.